The third-order valence-corrected chi connectivity index (χ3v) is 6.17. The number of nitrogens with two attached hydrogens (primary N) is 1. The minimum atomic E-state index is 0. The van der Waals surface area contributed by atoms with Crippen molar-refractivity contribution in [2.75, 3.05) is 31.2 Å². The van der Waals surface area contributed by atoms with Crippen molar-refractivity contribution in [3.8, 4) is 0 Å². The van der Waals surface area contributed by atoms with E-state index in [1.54, 1.807) is 0 Å². The summed E-state index contributed by atoms with van der Waals surface area (Å²) in [6.45, 7) is 3.13. The van der Waals surface area contributed by atoms with Crippen LogP contribution in [0.5, 0.6) is 0 Å². The van der Waals surface area contributed by atoms with Gasteiger partial charge in [-0.05, 0) is 49.7 Å². The molecular weight excluding hydrogens is 385 g/mol. The molecule has 1 aromatic rings. The second-order valence-electron chi connectivity index (χ2n) is 7.80. The van der Waals surface area contributed by atoms with Crippen molar-refractivity contribution in [2.45, 2.75) is 44.2 Å². The van der Waals surface area contributed by atoms with Crippen LogP contribution >= 0.6 is 24.8 Å². The van der Waals surface area contributed by atoms with Crippen LogP contribution in [0, 0.1) is 11.8 Å². The molecule has 0 aromatic heterocycles. The largest absolute Gasteiger partial charge is 0.378 e. The Morgan fingerprint density at radius 2 is 1.70 bits per heavy atom. The number of para-hydroxylation sites is 1. The SMILES string of the molecule is Cl.Cl.NC1CC2CCCC(C1)C2NC(=O)c1ccccc1N1CCOCC1. The Morgan fingerprint density at radius 1 is 1.07 bits per heavy atom. The lowest BCUT2D eigenvalue weighted by molar-refractivity contribution is 0.0755. The van der Waals surface area contributed by atoms with Crippen molar-refractivity contribution in [2.24, 2.45) is 17.6 Å². The van der Waals surface area contributed by atoms with Crippen LogP contribution < -0.4 is 16.0 Å². The highest BCUT2D eigenvalue weighted by Crippen LogP contribution is 2.40. The van der Waals surface area contributed by atoms with Crippen molar-refractivity contribution in [3.05, 3.63) is 29.8 Å². The van der Waals surface area contributed by atoms with Crippen LogP contribution in [0.4, 0.5) is 5.69 Å². The van der Waals surface area contributed by atoms with E-state index in [0.717, 1.165) is 50.4 Å². The second kappa shape index (κ2) is 9.97. The van der Waals surface area contributed by atoms with E-state index in [2.05, 4.69) is 16.3 Å². The van der Waals surface area contributed by atoms with Gasteiger partial charge in [0.2, 0.25) is 0 Å². The van der Waals surface area contributed by atoms with Gasteiger partial charge in [0.1, 0.15) is 0 Å². The number of amides is 1. The number of nitrogens with zero attached hydrogens (tertiary/aromatic N) is 1. The summed E-state index contributed by atoms with van der Waals surface area (Å²) in [6.07, 6.45) is 5.76. The third kappa shape index (κ3) is 4.89. The topological polar surface area (TPSA) is 67.6 Å². The summed E-state index contributed by atoms with van der Waals surface area (Å²) >= 11 is 0. The summed E-state index contributed by atoms with van der Waals surface area (Å²) in [4.78, 5) is 15.3. The van der Waals surface area contributed by atoms with Crippen LogP contribution in [0.1, 0.15) is 42.5 Å². The highest BCUT2D eigenvalue weighted by molar-refractivity contribution is 6.00. The van der Waals surface area contributed by atoms with E-state index in [1.165, 1.54) is 19.3 Å². The third-order valence-electron chi connectivity index (χ3n) is 6.17. The Kier molecular flexibility index (Phi) is 8.22. The van der Waals surface area contributed by atoms with E-state index in [0.29, 0.717) is 23.9 Å². The van der Waals surface area contributed by atoms with Crippen LogP contribution in [0.3, 0.4) is 0 Å². The fourth-order valence-electron chi connectivity index (χ4n) is 5.00. The minimum Gasteiger partial charge on any atom is -0.378 e. The van der Waals surface area contributed by atoms with Gasteiger partial charge in [0.25, 0.3) is 5.91 Å². The smallest absolute Gasteiger partial charge is 0.253 e. The van der Waals surface area contributed by atoms with Crippen molar-refractivity contribution in [1.82, 2.24) is 5.32 Å². The normalized spacial score (nSPS) is 29.9. The van der Waals surface area contributed by atoms with Crippen molar-refractivity contribution < 1.29 is 9.53 Å². The number of benzene rings is 1. The molecule has 1 heterocycles. The average molecular weight is 416 g/mol. The molecule has 1 aliphatic heterocycles. The number of hydrogen-bond donors (Lipinski definition) is 2. The fourth-order valence-corrected chi connectivity index (χ4v) is 5.00. The molecule has 2 saturated carbocycles. The maximum Gasteiger partial charge on any atom is 0.253 e. The maximum absolute atomic E-state index is 13.1. The second-order valence-corrected chi connectivity index (χ2v) is 7.80. The molecule has 27 heavy (non-hydrogen) atoms. The average Bonchev–Trinajstić information content (AvgIpc) is 2.63. The molecule has 152 valence electrons. The zero-order valence-electron chi connectivity index (χ0n) is 15.6. The van der Waals surface area contributed by atoms with E-state index in [9.17, 15) is 4.79 Å². The molecule has 3 fully saturated rings. The van der Waals surface area contributed by atoms with Crippen LogP contribution in [0.15, 0.2) is 24.3 Å². The van der Waals surface area contributed by atoms with Gasteiger partial charge >= 0.3 is 0 Å². The Labute approximate surface area is 174 Å². The lowest BCUT2D eigenvalue weighted by atomic mass is 9.67. The number of ether oxygens (including phenoxy) is 1. The first kappa shape index (κ1) is 22.3. The van der Waals surface area contributed by atoms with Gasteiger partial charge in [0, 0.05) is 30.9 Å². The fraction of sp³-hybridized carbons (Fsp3) is 0.650. The molecule has 4 rings (SSSR count). The van der Waals surface area contributed by atoms with Gasteiger partial charge in [-0.15, -0.1) is 24.8 Å². The Morgan fingerprint density at radius 3 is 2.37 bits per heavy atom. The number of carbonyl (C=O) groups is 1. The number of carbonyl (C=O) groups excluding carboxylic acids is 1. The quantitative estimate of drug-likeness (QED) is 0.795. The molecule has 0 spiro atoms. The first-order chi connectivity index (χ1) is 12.2. The maximum atomic E-state index is 13.1. The first-order valence-electron chi connectivity index (χ1n) is 9.70. The summed E-state index contributed by atoms with van der Waals surface area (Å²) < 4.78 is 5.45. The lowest BCUT2D eigenvalue weighted by Crippen LogP contribution is -2.53. The molecule has 1 aromatic carbocycles. The van der Waals surface area contributed by atoms with Crippen LogP contribution in [0.2, 0.25) is 0 Å². The summed E-state index contributed by atoms with van der Waals surface area (Å²) in [7, 11) is 0. The molecule has 1 amide bonds. The van der Waals surface area contributed by atoms with E-state index in [-0.39, 0.29) is 30.7 Å². The summed E-state index contributed by atoms with van der Waals surface area (Å²) in [6, 6.07) is 8.57. The molecule has 2 aliphatic carbocycles. The van der Waals surface area contributed by atoms with Gasteiger partial charge in [0.05, 0.1) is 18.8 Å². The number of rotatable bonds is 3. The lowest BCUT2D eigenvalue weighted by Gasteiger charge is -2.45. The van der Waals surface area contributed by atoms with Crippen LogP contribution in [-0.4, -0.2) is 44.3 Å². The number of fused-ring (bicyclic) bond motifs is 2. The number of hydrogen-bond acceptors (Lipinski definition) is 4. The molecule has 3 aliphatic rings. The summed E-state index contributed by atoms with van der Waals surface area (Å²) in [5.74, 6) is 1.16. The van der Waals surface area contributed by atoms with Crippen LogP contribution in [-0.2, 0) is 4.74 Å². The molecule has 2 bridgehead atoms. The molecule has 1 saturated heterocycles. The van der Waals surface area contributed by atoms with Gasteiger partial charge in [-0.25, -0.2) is 0 Å². The van der Waals surface area contributed by atoms with Gasteiger partial charge in [-0.3, -0.25) is 4.79 Å². The molecule has 2 atom stereocenters. The number of morpholine rings is 1. The number of halogens is 2. The molecule has 0 radical (unpaired) electrons. The number of anilines is 1. The molecule has 7 heteroatoms. The van der Waals surface area contributed by atoms with Crippen molar-refractivity contribution in [1.29, 1.82) is 0 Å². The predicted octanol–water partition coefficient (Wildman–Crippen LogP) is 3.00. The first-order valence-corrected chi connectivity index (χ1v) is 9.70. The van der Waals surface area contributed by atoms with E-state index >= 15 is 0 Å². The number of nitrogens with one attached hydrogen (secondary N) is 1. The minimum absolute atomic E-state index is 0. The van der Waals surface area contributed by atoms with E-state index < -0.39 is 0 Å². The molecular formula is C20H31Cl2N3O2. The molecule has 5 nitrogen and oxygen atoms in total. The highest BCUT2D eigenvalue weighted by atomic mass is 35.5. The van der Waals surface area contributed by atoms with Gasteiger partial charge in [-0.1, -0.05) is 18.6 Å². The van der Waals surface area contributed by atoms with Crippen molar-refractivity contribution >= 4 is 36.4 Å². The van der Waals surface area contributed by atoms with Gasteiger partial charge in [-0.2, -0.15) is 0 Å². The Hall–Kier alpha value is -1.01. The van der Waals surface area contributed by atoms with Gasteiger partial charge in [0.15, 0.2) is 0 Å². The van der Waals surface area contributed by atoms with Crippen LogP contribution in [0.25, 0.3) is 0 Å². The Balaban J connectivity index is 0.00000131. The monoisotopic (exact) mass is 415 g/mol. The van der Waals surface area contributed by atoms with Gasteiger partial charge < -0.3 is 20.7 Å². The zero-order chi connectivity index (χ0) is 17.2. The zero-order valence-corrected chi connectivity index (χ0v) is 17.3. The predicted molar refractivity (Wildman–Crippen MR) is 113 cm³/mol. The summed E-state index contributed by atoms with van der Waals surface area (Å²) in [5.41, 5.74) is 8.04. The molecule has 2 unspecified atom stereocenters. The summed E-state index contributed by atoms with van der Waals surface area (Å²) in [5, 5.41) is 3.38. The van der Waals surface area contributed by atoms with E-state index in [1.807, 2.05) is 18.2 Å². The standard InChI is InChI=1S/C20H29N3O2.2ClH/c21-16-12-14-4-3-5-15(13-16)19(14)22-20(24)17-6-1-2-7-18(17)23-8-10-25-11-9-23;;/h1-2,6-7,14-16,19H,3-5,8-13,21H2,(H,22,24);2*1H. The highest BCUT2D eigenvalue weighted by Gasteiger charge is 2.40. The van der Waals surface area contributed by atoms with Crippen molar-refractivity contribution in [3.63, 3.8) is 0 Å². The van der Waals surface area contributed by atoms with E-state index in [4.69, 9.17) is 10.5 Å². The Bertz CT molecular complexity index is 611. The molecule has 3 N–H and O–H groups in total.